The number of esters is 1. The zero-order valence-corrected chi connectivity index (χ0v) is 15.1. The highest BCUT2D eigenvalue weighted by molar-refractivity contribution is 7.15. The topological polar surface area (TPSA) is 77.8 Å². The fourth-order valence-electron chi connectivity index (χ4n) is 2.44. The number of rotatable bonds is 6. The minimum atomic E-state index is -0.523. The van der Waals surface area contributed by atoms with Gasteiger partial charge in [0.1, 0.15) is 16.3 Å². The first-order valence-electron chi connectivity index (χ1n) is 7.92. The molecule has 1 N–H and O–H groups in total. The summed E-state index contributed by atoms with van der Waals surface area (Å²) in [5.41, 5.74) is 1.81. The number of carbonyl (C=O) groups is 2. The number of ether oxygens (including phenoxy) is 2. The third-order valence-electron chi connectivity index (χ3n) is 3.63. The molecule has 0 bridgehead atoms. The zero-order chi connectivity index (χ0) is 18.5. The van der Waals surface area contributed by atoms with Gasteiger partial charge in [-0.05, 0) is 36.8 Å². The van der Waals surface area contributed by atoms with E-state index in [1.165, 1.54) is 24.7 Å². The van der Waals surface area contributed by atoms with Crippen molar-refractivity contribution in [3.63, 3.8) is 0 Å². The molecule has 0 aliphatic heterocycles. The summed E-state index contributed by atoms with van der Waals surface area (Å²) in [7, 11) is 1.31. The van der Waals surface area contributed by atoms with Crippen molar-refractivity contribution in [3.8, 4) is 16.9 Å². The van der Waals surface area contributed by atoms with E-state index in [2.05, 4.69) is 5.32 Å². The molecule has 0 saturated heterocycles. The first-order valence-corrected chi connectivity index (χ1v) is 8.80. The molecule has 0 aliphatic carbocycles. The lowest BCUT2D eigenvalue weighted by atomic mass is 10.0. The zero-order valence-electron chi connectivity index (χ0n) is 14.3. The van der Waals surface area contributed by atoms with E-state index in [0.29, 0.717) is 22.7 Å². The quantitative estimate of drug-likeness (QED) is 0.648. The fraction of sp³-hybridized carbons (Fsp3) is 0.158. The van der Waals surface area contributed by atoms with Crippen molar-refractivity contribution < 1.29 is 23.5 Å². The van der Waals surface area contributed by atoms with E-state index in [4.69, 9.17) is 13.9 Å². The normalized spacial score (nSPS) is 10.4. The third kappa shape index (κ3) is 3.62. The molecular formula is C19H17NO5S. The number of anilines is 1. The van der Waals surface area contributed by atoms with Crippen LogP contribution < -0.4 is 10.1 Å². The summed E-state index contributed by atoms with van der Waals surface area (Å²) in [5, 5.41) is 4.92. The van der Waals surface area contributed by atoms with E-state index in [0.717, 1.165) is 11.3 Å². The lowest BCUT2D eigenvalue weighted by molar-refractivity contribution is 0.0603. The van der Waals surface area contributed by atoms with Gasteiger partial charge in [-0.1, -0.05) is 12.1 Å². The number of hydrogen-bond donors (Lipinski definition) is 1. The number of carbonyl (C=O) groups excluding carboxylic acids is 2. The maximum Gasteiger partial charge on any atom is 0.341 e. The summed E-state index contributed by atoms with van der Waals surface area (Å²) >= 11 is 1.25. The average Bonchev–Trinajstić information content (AvgIpc) is 3.32. The van der Waals surface area contributed by atoms with Gasteiger partial charge >= 0.3 is 5.97 Å². The molecule has 3 aromatic rings. The van der Waals surface area contributed by atoms with Gasteiger partial charge in [-0.3, -0.25) is 4.79 Å². The number of nitrogens with one attached hydrogen (secondary N) is 1. The van der Waals surface area contributed by atoms with E-state index >= 15 is 0 Å². The number of hydrogen-bond acceptors (Lipinski definition) is 6. The Kier molecular flexibility index (Phi) is 5.38. The summed E-state index contributed by atoms with van der Waals surface area (Å²) in [6, 6.07) is 10.6. The molecule has 2 aromatic heterocycles. The summed E-state index contributed by atoms with van der Waals surface area (Å²) in [6.45, 7) is 2.49. The molecule has 0 atom stereocenters. The smallest absolute Gasteiger partial charge is 0.341 e. The van der Waals surface area contributed by atoms with E-state index in [1.807, 2.05) is 31.2 Å². The first kappa shape index (κ1) is 17.8. The van der Waals surface area contributed by atoms with Crippen molar-refractivity contribution in [1.29, 1.82) is 0 Å². The Labute approximate surface area is 154 Å². The second kappa shape index (κ2) is 7.88. The fourth-order valence-corrected chi connectivity index (χ4v) is 3.39. The lowest BCUT2D eigenvalue weighted by Crippen LogP contribution is -2.13. The standard InChI is InChI=1S/C19H17NO5S/c1-3-24-13-8-6-12(7-9-13)14-11-26-18(16(14)19(22)23-2)20-17(21)15-5-4-10-25-15/h4-11H,3H2,1-2H3,(H,20,21). The van der Waals surface area contributed by atoms with Crippen LogP contribution in [0.2, 0.25) is 0 Å². The number of benzene rings is 1. The van der Waals surface area contributed by atoms with Gasteiger partial charge < -0.3 is 19.2 Å². The Bertz CT molecular complexity index is 897. The van der Waals surface area contributed by atoms with Crippen molar-refractivity contribution >= 4 is 28.2 Å². The highest BCUT2D eigenvalue weighted by Gasteiger charge is 2.23. The molecule has 134 valence electrons. The predicted molar refractivity (Wildman–Crippen MR) is 98.9 cm³/mol. The van der Waals surface area contributed by atoms with Crippen LogP contribution in [0.4, 0.5) is 5.00 Å². The summed E-state index contributed by atoms with van der Waals surface area (Å²) < 4.78 is 15.4. The first-order chi connectivity index (χ1) is 12.6. The van der Waals surface area contributed by atoms with E-state index in [-0.39, 0.29) is 5.76 Å². The van der Waals surface area contributed by atoms with Gasteiger partial charge in [-0.15, -0.1) is 11.3 Å². The van der Waals surface area contributed by atoms with Gasteiger partial charge in [0, 0.05) is 10.9 Å². The third-order valence-corrected chi connectivity index (χ3v) is 4.52. The van der Waals surface area contributed by atoms with Crippen molar-refractivity contribution in [3.05, 3.63) is 59.4 Å². The monoisotopic (exact) mass is 371 g/mol. The van der Waals surface area contributed by atoms with Crippen molar-refractivity contribution in [2.75, 3.05) is 19.0 Å². The SMILES string of the molecule is CCOc1ccc(-c2csc(NC(=O)c3ccco3)c2C(=O)OC)cc1. The molecule has 0 unspecified atom stereocenters. The van der Waals surface area contributed by atoms with Gasteiger partial charge in [0.05, 0.1) is 20.0 Å². The molecule has 3 rings (SSSR count). The Balaban J connectivity index is 1.94. The number of methoxy groups -OCH3 is 1. The molecule has 2 heterocycles. The Hall–Kier alpha value is -3.06. The largest absolute Gasteiger partial charge is 0.494 e. The second-order valence-corrected chi connectivity index (χ2v) is 6.11. The minimum Gasteiger partial charge on any atom is -0.494 e. The molecule has 7 heteroatoms. The van der Waals surface area contributed by atoms with Gasteiger partial charge in [0.15, 0.2) is 5.76 Å². The van der Waals surface area contributed by atoms with Crippen LogP contribution >= 0.6 is 11.3 Å². The molecule has 0 spiro atoms. The van der Waals surface area contributed by atoms with Gasteiger partial charge in [-0.25, -0.2) is 4.79 Å². The summed E-state index contributed by atoms with van der Waals surface area (Å²) in [4.78, 5) is 24.5. The van der Waals surface area contributed by atoms with Crippen LogP contribution in [0.3, 0.4) is 0 Å². The highest BCUT2D eigenvalue weighted by Crippen LogP contribution is 2.37. The second-order valence-electron chi connectivity index (χ2n) is 5.23. The van der Waals surface area contributed by atoms with E-state index in [1.54, 1.807) is 17.5 Å². The molecule has 26 heavy (non-hydrogen) atoms. The van der Waals surface area contributed by atoms with Gasteiger partial charge in [0.2, 0.25) is 0 Å². The summed E-state index contributed by atoms with van der Waals surface area (Å²) in [6.07, 6.45) is 1.41. The van der Waals surface area contributed by atoms with Crippen molar-refractivity contribution in [2.45, 2.75) is 6.92 Å². The minimum absolute atomic E-state index is 0.164. The highest BCUT2D eigenvalue weighted by atomic mass is 32.1. The lowest BCUT2D eigenvalue weighted by Gasteiger charge is -2.08. The van der Waals surface area contributed by atoms with E-state index < -0.39 is 11.9 Å². The number of furan rings is 1. The maximum absolute atomic E-state index is 12.3. The van der Waals surface area contributed by atoms with Crippen molar-refractivity contribution in [1.82, 2.24) is 0 Å². The molecule has 0 saturated carbocycles. The molecule has 1 aromatic carbocycles. The molecule has 0 radical (unpaired) electrons. The van der Waals surface area contributed by atoms with Crippen LogP contribution in [0.5, 0.6) is 5.75 Å². The van der Waals surface area contributed by atoms with Gasteiger partial charge in [0.25, 0.3) is 5.91 Å². The Morgan fingerprint density at radius 3 is 2.58 bits per heavy atom. The van der Waals surface area contributed by atoms with Crippen LogP contribution in [-0.4, -0.2) is 25.6 Å². The van der Waals surface area contributed by atoms with Crippen LogP contribution in [0, 0.1) is 0 Å². The molecule has 0 fully saturated rings. The van der Waals surface area contributed by atoms with Crippen LogP contribution in [0.1, 0.15) is 27.8 Å². The number of amides is 1. The number of thiophene rings is 1. The van der Waals surface area contributed by atoms with E-state index in [9.17, 15) is 9.59 Å². The molecule has 0 aliphatic rings. The molecule has 1 amide bonds. The predicted octanol–water partition coefficient (Wildman–Crippen LogP) is 4.45. The average molecular weight is 371 g/mol. The molecular weight excluding hydrogens is 354 g/mol. The van der Waals surface area contributed by atoms with Crippen LogP contribution in [0.25, 0.3) is 11.1 Å². The Morgan fingerprint density at radius 2 is 1.96 bits per heavy atom. The molecule has 6 nitrogen and oxygen atoms in total. The van der Waals surface area contributed by atoms with Crippen molar-refractivity contribution in [2.24, 2.45) is 0 Å². The Morgan fingerprint density at radius 1 is 1.19 bits per heavy atom. The summed E-state index contributed by atoms with van der Waals surface area (Å²) in [5.74, 6) is -0.0422. The van der Waals surface area contributed by atoms with Crippen LogP contribution in [-0.2, 0) is 4.74 Å². The maximum atomic E-state index is 12.3. The van der Waals surface area contributed by atoms with Gasteiger partial charge in [-0.2, -0.15) is 0 Å². The van der Waals surface area contributed by atoms with Crippen LogP contribution in [0.15, 0.2) is 52.5 Å².